The maximum absolute atomic E-state index is 6.68. The van der Waals surface area contributed by atoms with Crippen molar-refractivity contribution in [2.24, 2.45) is 0 Å². The first-order valence-corrected chi connectivity index (χ1v) is 11.7. The molecule has 0 amide bonds. The van der Waals surface area contributed by atoms with Gasteiger partial charge >= 0.3 is 0 Å². The average molecular weight is 503 g/mol. The second-order valence-electron chi connectivity index (χ2n) is 7.10. The van der Waals surface area contributed by atoms with Crippen LogP contribution in [0.5, 0.6) is 0 Å². The predicted octanol–water partition coefficient (Wildman–Crippen LogP) is 6.81. The Morgan fingerprint density at radius 2 is 1.90 bits per heavy atom. The Morgan fingerprint density at radius 3 is 2.63 bits per heavy atom. The Balaban J connectivity index is 1.72. The molecular weight excluding hydrogens is 482 g/mol. The van der Waals surface area contributed by atoms with Gasteiger partial charge in [0.2, 0.25) is 0 Å². The highest BCUT2D eigenvalue weighted by molar-refractivity contribution is 9.10. The minimum Gasteiger partial charge on any atom is -0.339 e. The van der Waals surface area contributed by atoms with Crippen LogP contribution in [0.3, 0.4) is 0 Å². The summed E-state index contributed by atoms with van der Waals surface area (Å²) in [6.45, 7) is 4.77. The molecule has 4 rings (SSSR count). The number of hydrogen-bond donors (Lipinski definition) is 1. The van der Waals surface area contributed by atoms with Gasteiger partial charge in [-0.25, -0.2) is 14.6 Å². The molecular formula is C22H21BrClN5S. The molecule has 0 spiro atoms. The molecule has 0 radical (unpaired) electrons. The Hall–Kier alpha value is -2.09. The number of alkyl halides is 1. The molecule has 154 valence electrons. The molecule has 0 aliphatic carbocycles. The maximum Gasteiger partial charge on any atom is 0.191 e. The van der Waals surface area contributed by atoms with Crippen molar-refractivity contribution in [3.63, 3.8) is 0 Å². The summed E-state index contributed by atoms with van der Waals surface area (Å²) in [5, 5.41) is 9.72. The van der Waals surface area contributed by atoms with E-state index in [2.05, 4.69) is 40.2 Å². The van der Waals surface area contributed by atoms with Crippen LogP contribution in [0.1, 0.15) is 24.8 Å². The molecule has 0 fully saturated rings. The lowest BCUT2D eigenvalue weighted by Gasteiger charge is -2.13. The van der Waals surface area contributed by atoms with Gasteiger partial charge in [-0.1, -0.05) is 77.9 Å². The monoisotopic (exact) mass is 501 g/mol. The van der Waals surface area contributed by atoms with Gasteiger partial charge < -0.3 is 5.32 Å². The topological polar surface area (TPSA) is 55.6 Å². The number of halogens is 2. The van der Waals surface area contributed by atoms with Crippen molar-refractivity contribution in [2.45, 2.75) is 36.2 Å². The van der Waals surface area contributed by atoms with Crippen molar-refractivity contribution < 1.29 is 0 Å². The van der Waals surface area contributed by atoms with Gasteiger partial charge in [0.15, 0.2) is 10.8 Å². The normalized spacial score (nSPS) is 12.4. The van der Waals surface area contributed by atoms with Crippen molar-refractivity contribution >= 4 is 61.8 Å². The van der Waals surface area contributed by atoms with Gasteiger partial charge in [-0.15, -0.1) is 11.6 Å². The van der Waals surface area contributed by atoms with Gasteiger partial charge in [0.05, 0.1) is 23.5 Å². The van der Waals surface area contributed by atoms with Crippen molar-refractivity contribution in [1.29, 1.82) is 0 Å². The number of aromatic nitrogens is 4. The van der Waals surface area contributed by atoms with Crippen molar-refractivity contribution in [1.82, 2.24) is 19.7 Å². The van der Waals surface area contributed by atoms with Crippen LogP contribution in [0.4, 0.5) is 11.5 Å². The third-order valence-corrected chi connectivity index (χ3v) is 6.15. The Kier molecular flexibility index (Phi) is 6.61. The number of thioether (sulfide) groups is 1. The van der Waals surface area contributed by atoms with Crippen LogP contribution in [0.15, 0.2) is 70.4 Å². The Bertz CT molecular complexity index is 1150. The molecule has 0 aliphatic rings. The van der Waals surface area contributed by atoms with E-state index >= 15 is 0 Å². The fourth-order valence-corrected chi connectivity index (χ4v) is 4.43. The molecule has 1 N–H and O–H groups in total. The number of rotatable bonds is 7. The summed E-state index contributed by atoms with van der Waals surface area (Å²) in [5.41, 5.74) is 2.77. The summed E-state index contributed by atoms with van der Waals surface area (Å²) in [4.78, 5) is 9.54. The highest BCUT2D eigenvalue weighted by Crippen LogP contribution is 2.31. The largest absolute Gasteiger partial charge is 0.339 e. The molecule has 0 bridgehead atoms. The van der Waals surface area contributed by atoms with Gasteiger partial charge in [-0.2, -0.15) is 5.10 Å². The van der Waals surface area contributed by atoms with Crippen LogP contribution in [0.2, 0.25) is 0 Å². The predicted molar refractivity (Wildman–Crippen MR) is 129 cm³/mol. The van der Waals surface area contributed by atoms with Crippen LogP contribution >= 0.6 is 39.3 Å². The summed E-state index contributed by atoms with van der Waals surface area (Å²) >= 11 is 11.8. The highest BCUT2D eigenvalue weighted by atomic mass is 79.9. The van der Waals surface area contributed by atoms with E-state index in [9.17, 15) is 0 Å². The van der Waals surface area contributed by atoms with Crippen molar-refractivity contribution in [2.75, 3.05) is 5.32 Å². The van der Waals surface area contributed by atoms with E-state index < -0.39 is 0 Å². The highest BCUT2D eigenvalue weighted by Gasteiger charge is 2.17. The number of fused-ring (bicyclic) bond motifs is 1. The lowest BCUT2D eigenvalue weighted by molar-refractivity contribution is 0.613. The zero-order chi connectivity index (χ0) is 21.1. The van der Waals surface area contributed by atoms with Crippen LogP contribution in [-0.4, -0.2) is 25.0 Å². The summed E-state index contributed by atoms with van der Waals surface area (Å²) < 4.78 is 2.86. The van der Waals surface area contributed by atoms with Gasteiger partial charge in [0, 0.05) is 15.4 Å². The molecule has 4 aromatic rings. The SMILES string of the molecule is CC(C)Sc1nc(Nc2cccc(Br)c2)c2cnn(CC(Cl)c3ccccc3)c2n1. The second kappa shape index (κ2) is 9.37. The molecule has 2 heterocycles. The summed E-state index contributed by atoms with van der Waals surface area (Å²) in [6, 6.07) is 18.0. The zero-order valence-electron chi connectivity index (χ0n) is 16.6. The molecule has 0 saturated heterocycles. The van der Waals surface area contributed by atoms with Gasteiger partial charge in [0.1, 0.15) is 5.82 Å². The third-order valence-electron chi connectivity index (χ3n) is 4.40. The smallest absolute Gasteiger partial charge is 0.191 e. The van der Waals surface area contributed by atoms with Crippen molar-refractivity contribution in [3.8, 4) is 0 Å². The first kappa shape index (κ1) is 21.2. The first-order valence-electron chi connectivity index (χ1n) is 9.61. The number of nitrogens with zero attached hydrogens (tertiary/aromatic N) is 4. The molecule has 0 aliphatic heterocycles. The van der Waals surface area contributed by atoms with Gasteiger partial charge in [-0.3, -0.25) is 0 Å². The molecule has 2 aromatic heterocycles. The van der Waals surface area contributed by atoms with Crippen LogP contribution in [0, 0.1) is 0 Å². The molecule has 5 nitrogen and oxygen atoms in total. The van der Waals surface area contributed by atoms with Crippen LogP contribution in [-0.2, 0) is 6.54 Å². The van der Waals surface area contributed by atoms with E-state index in [1.165, 1.54) is 0 Å². The Labute approximate surface area is 193 Å². The fourth-order valence-electron chi connectivity index (χ4n) is 3.05. The maximum atomic E-state index is 6.68. The second-order valence-corrected chi connectivity index (χ2v) is 10.1. The van der Waals surface area contributed by atoms with E-state index in [1.807, 2.05) is 59.3 Å². The average Bonchev–Trinajstić information content (AvgIpc) is 3.11. The van der Waals surface area contributed by atoms with E-state index in [1.54, 1.807) is 18.0 Å². The van der Waals surface area contributed by atoms with E-state index in [4.69, 9.17) is 21.6 Å². The van der Waals surface area contributed by atoms with E-state index in [-0.39, 0.29) is 5.38 Å². The van der Waals surface area contributed by atoms with E-state index in [0.29, 0.717) is 17.0 Å². The standard InChI is InChI=1S/C22H21BrClN5S/c1-14(2)30-22-27-20(26-17-10-6-9-16(23)11-17)18-12-25-29(21(18)28-22)13-19(24)15-7-4-3-5-8-15/h3-12,14,19H,13H2,1-2H3,(H,26,27,28). The molecule has 1 unspecified atom stereocenters. The first-order chi connectivity index (χ1) is 14.5. The van der Waals surface area contributed by atoms with Gasteiger partial charge in [-0.05, 0) is 23.8 Å². The zero-order valence-corrected chi connectivity index (χ0v) is 19.7. The minimum absolute atomic E-state index is 0.202. The summed E-state index contributed by atoms with van der Waals surface area (Å²) in [5.74, 6) is 0.735. The number of hydrogen-bond acceptors (Lipinski definition) is 5. The quantitative estimate of drug-likeness (QED) is 0.171. The molecule has 8 heteroatoms. The number of anilines is 2. The van der Waals surface area contributed by atoms with E-state index in [0.717, 1.165) is 32.6 Å². The lowest BCUT2D eigenvalue weighted by atomic mass is 10.1. The molecule has 0 saturated carbocycles. The van der Waals surface area contributed by atoms with Crippen molar-refractivity contribution in [3.05, 3.63) is 70.8 Å². The summed E-state index contributed by atoms with van der Waals surface area (Å²) in [6.07, 6.45) is 1.80. The fraction of sp³-hybridized carbons (Fsp3) is 0.227. The molecule has 30 heavy (non-hydrogen) atoms. The minimum atomic E-state index is -0.202. The van der Waals surface area contributed by atoms with Crippen LogP contribution < -0.4 is 5.32 Å². The summed E-state index contributed by atoms with van der Waals surface area (Å²) in [7, 11) is 0. The lowest BCUT2D eigenvalue weighted by Crippen LogP contribution is -2.08. The molecule has 1 atom stereocenters. The van der Waals surface area contributed by atoms with Crippen LogP contribution in [0.25, 0.3) is 11.0 Å². The number of benzene rings is 2. The molecule has 2 aromatic carbocycles. The number of nitrogens with one attached hydrogen (secondary N) is 1. The Morgan fingerprint density at radius 1 is 1.10 bits per heavy atom. The van der Waals surface area contributed by atoms with Gasteiger partial charge in [0.25, 0.3) is 0 Å². The third kappa shape index (κ3) is 4.96.